The minimum absolute atomic E-state index is 0.0123. The van der Waals surface area contributed by atoms with Crippen molar-refractivity contribution in [2.45, 2.75) is 19.9 Å². The molecule has 6 nitrogen and oxygen atoms in total. The Bertz CT molecular complexity index is 780. The van der Waals surface area contributed by atoms with Crippen LogP contribution in [0.2, 0.25) is 0 Å². The molecule has 0 aliphatic carbocycles. The molecule has 0 aliphatic rings. The monoisotopic (exact) mass is 384 g/mol. The molecule has 2 N–H and O–H groups in total. The molecule has 2 rings (SSSR count). The van der Waals surface area contributed by atoms with Crippen molar-refractivity contribution in [2.24, 2.45) is 0 Å². The van der Waals surface area contributed by atoms with E-state index >= 15 is 0 Å². The third-order valence-corrected chi connectivity index (χ3v) is 4.95. The fourth-order valence-electron chi connectivity index (χ4n) is 2.99. The van der Waals surface area contributed by atoms with Gasteiger partial charge in [-0.05, 0) is 31.5 Å². The van der Waals surface area contributed by atoms with E-state index in [1.54, 1.807) is 24.1 Å². The van der Waals surface area contributed by atoms with Gasteiger partial charge in [0, 0.05) is 7.05 Å². The number of benzene rings is 2. The molecule has 150 valence electrons. The lowest BCUT2D eigenvalue weighted by atomic mass is 10.1. The number of rotatable bonds is 9. The van der Waals surface area contributed by atoms with Crippen molar-refractivity contribution in [2.75, 3.05) is 39.1 Å². The van der Waals surface area contributed by atoms with Crippen molar-refractivity contribution >= 4 is 17.5 Å². The summed E-state index contributed by atoms with van der Waals surface area (Å²) in [6, 6.07) is 17.2. The van der Waals surface area contributed by atoms with Gasteiger partial charge < -0.3 is 19.9 Å². The number of para-hydroxylation sites is 2. The summed E-state index contributed by atoms with van der Waals surface area (Å²) < 4.78 is 5.26. The van der Waals surface area contributed by atoms with E-state index in [1.165, 1.54) is 0 Å². The lowest BCUT2D eigenvalue weighted by molar-refractivity contribution is -0.882. The van der Waals surface area contributed by atoms with Gasteiger partial charge in [-0.25, -0.2) is 0 Å². The number of carbonyl (C=O) groups is 2. The number of anilines is 1. The summed E-state index contributed by atoms with van der Waals surface area (Å²) in [5, 5.41) is 2.87. The predicted octanol–water partition coefficient (Wildman–Crippen LogP) is 1.76. The van der Waals surface area contributed by atoms with Crippen molar-refractivity contribution in [3.8, 4) is 5.75 Å². The van der Waals surface area contributed by atoms with E-state index in [4.69, 9.17) is 4.74 Å². The van der Waals surface area contributed by atoms with E-state index in [1.807, 2.05) is 63.4 Å². The van der Waals surface area contributed by atoms with Crippen molar-refractivity contribution in [1.82, 2.24) is 4.90 Å². The number of hydrogen-bond acceptors (Lipinski definition) is 3. The highest BCUT2D eigenvalue weighted by Crippen LogP contribution is 2.22. The van der Waals surface area contributed by atoms with Gasteiger partial charge in [-0.15, -0.1) is 0 Å². The van der Waals surface area contributed by atoms with Crippen LogP contribution in [0, 0.1) is 0 Å². The molecule has 0 saturated heterocycles. The Labute approximate surface area is 167 Å². The molecule has 28 heavy (non-hydrogen) atoms. The largest absolute Gasteiger partial charge is 0.495 e. The van der Waals surface area contributed by atoms with Crippen molar-refractivity contribution in [1.29, 1.82) is 0 Å². The minimum Gasteiger partial charge on any atom is -0.495 e. The molecule has 0 spiro atoms. The van der Waals surface area contributed by atoms with E-state index < -0.39 is 0 Å². The first-order valence-electron chi connectivity index (χ1n) is 9.53. The van der Waals surface area contributed by atoms with Crippen LogP contribution in [0.25, 0.3) is 0 Å². The highest BCUT2D eigenvalue weighted by atomic mass is 16.5. The van der Waals surface area contributed by atoms with Crippen LogP contribution in [-0.2, 0) is 9.59 Å². The van der Waals surface area contributed by atoms with E-state index in [-0.39, 0.29) is 30.9 Å². The number of hydrogen-bond donors (Lipinski definition) is 2. The highest BCUT2D eigenvalue weighted by molar-refractivity contribution is 5.93. The van der Waals surface area contributed by atoms with Crippen molar-refractivity contribution in [3.63, 3.8) is 0 Å². The van der Waals surface area contributed by atoms with Gasteiger partial charge in [0.2, 0.25) is 0 Å². The van der Waals surface area contributed by atoms with Gasteiger partial charge >= 0.3 is 0 Å². The first-order valence-corrected chi connectivity index (χ1v) is 9.53. The second-order valence-corrected chi connectivity index (χ2v) is 6.80. The summed E-state index contributed by atoms with van der Waals surface area (Å²) in [4.78, 5) is 27.8. The van der Waals surface area contributed by atoms with Gasteiger partial charge in [0.25, 0.3) is 11.8 Å². The van der Waals surface area contributed by atoms with Crippen LogP contribution in [0.5, 0.6) is 5.75 Å². The fourth-order valence-corrected chi connectivity index (χ4v) is 2.99. The molecule has 6 heteroatoms. The SMILES string of the molecule is CC[NH+](CC(=O)Nc1ccccc1OC)CC(=O)N(C)[C@@H](C)c1ccccc1. The van der Waals surface area contributed by atoms with Crippen LogP contribution in [0.3, 0.4) is 0 Å². The number of amides is 2. The maximum absolute atomic E-state index is 12.7. The molecule has 2 amide bonds. The molecule has 2 aromatic rings. The Balaban J connectivity index is 1.93. The van der Waals surface area contributed by atoms with Crippen LogP contribution < -0.4 is 15.0 Å². The topological polar surface area (TPSA) is 63.1 Å². The first kappa shape index (κ1) is 21.4. The van der Waals surface area contributed by atoms with Crippen LogP contribution in [0.1, 0.15) is 25.5 Å². The molecule has 0 heterocycles. The second-order valence-electron chi connectivity index (χ2n) is 6.80. The van der Waals surface area contributed by atoms with Crippen LogP contribution in [-0.4, -0.2) is 50.5 Å². The van der Waals surface area contributed by atoms with Crippen LogP contribution in [0.15, 0.2) is 54.6 Å². The van der Waals surface area contributed by atoms with Gasteiger partial charge in [0.1, 0.15) is 5.75 Å². The third kappa shape index (κ3) is 5.82. The number of nitrogens with zero attached hydrogens (tertiary/aromatic N) is 1. The number of quaternary nitrogens is 1. The number of likely N-dealkylation sites (N-methyl/N-ethyl adjacent to an activating group) is 2. The van der Waals surface area contributed by atoms with Crippen LogP contribution >= 0.6 is 0 Å². The maximum Gasteiger partial charge on any atom is 0.279 e. The van der Waals surface area contributed by atoms with Gasteiger partial charge in [0.15, 0.2) is 13.1 Å². The zero-order chi connectivity index (χ0) is 20.5. The van der Waals surface area contributed by atoms with E-state index in [2.05, 4.69) is 5.32 Å². The Morgan fingerprint density at radius 1 is 1.07 bits per heavy atom. The quantitative estimate of drug-likeness (QED) is 0.693. The summed E-state index contributed by atoms with van der Waals surface area (Å²) in [7, 11) is 3.37. The molecular weight excluding hydrogens is 354 g/mol. The summed E-state index contributed by atoms with van der Waals surface area (Å²) >= 11 is 0. The number of ether oxygens (including phenoxy) is 1. The van der Waals surface area contributed by atoms with E-state index in [0.717, 1.165) is 10.5 Å². The van der Waals surface area contributed by atoms with Gasteiger partial charge in [0.05, 0.1) is 25.4 Å². The zero-order valence-corrected chi connectivity index (χ0v) is 17.1. The lowest BCUT2D eigenvalue weighted by Crippen LogP contribution is -3.13. The van der Waals surface area contributed by atoms with Crippen LogP contribution in [0.4, 0.5) is 5.69 Å². The summed E-state index contributed by atoms with van der Waals surface area (Å²) in [6.45, 7) is 5.14. The molecule has 0 aliphatic heterocycles. The Kier molecular flexibility index (Phi) is 8.02. The molecule has 0 saturated carbocycles. The highest BCUT2D eigenvalue weighted by Gasteiger charge is 2.23. The number of carbonyl (C=O) groups excluding carboxylic acids is 2. The molecule has 0 fully saturated rings. The van der Waals surface area contributed by atoms with Gasteiger partial charge in [-0.2, -0.15) is 0 Å². The zero-order valence-electron chi connectivity index (χ0n) is 17.1. The standard InChI is InChI=1S/C22H29N3O3/c1-5-25(15-21(26)23-19-13-9-10-14-20(19)28-4)16-22(27)24(3)17(2)18-11-7-6-8-12-18/h6-14,17H,5,15-16H2,1-4H3,(H,23,26)/p+1/t17-/m0/s1. The lowest BCUT2D eigenvalue weighted by Gasteiger charge is -2.27. The molecule has 0 radical (unpaired) electrons. The van der Waals surface area contributed by atoms with E-state index in [9.17, 15) is 9.59 Å². The molecular formula is C22H30N3O3+. The first-order chi connectivity index (χ1) is 13.5. The number of methoxy groups -OCH3 is 1. The molecule has 2 aromatic carbocycles. The molecule has 0 aromatic heterocycles. The Hall–Kier alpha value is -2.86. The van der Waals surface area contributed by atoms with Crippen molar-refractivity contribution in [3.05, 3.63) is 60.2 Å². The molecule has 0 bridgehead atoms. The normalized spacial score (nSPS) is 12.7. The summed E-state index contributed by atoms with van der Waals surface area (Å²) in [5.41, 5.74) is 1.72. The molecule has 2 atom stereocenters. The van der Waals surface area contributed by atoms with Gasteiger partial charge in [-0.3, -0.25) is 9.59 Å². The summed E-state index contributed by atoms with van der Waals surface area (Å²) in [6.07, 6.45) is 0. The number of nitrogens with one attached hydrogen (secondary N) is 2. The molecule has 1 unspecified atom stereocenters. The van der Waals surface area contributed by atoms with Gasteiger partial charge in [-0.1, -0.05) is 42.5 Å². The average Bonchev–Trinajstić information content (AvgIpc) is 2.73. The smallest absolute Gasteiger partial charge is 0.279 e. The third-order valence-electron chi connectivity index (χ3n) is 4.95. The van der Waals surface area contributed by atoms with Crippen molar-refractivity contribution < 1.29 is 19.2 Å². The minimum atomic E-state index is -0.145. The Morgan fingerprint density at radius 3 is 2.36 bits per heavy atom. The fraction of sp³-hybridized carbons (Fsp3) is 0.364. The average molecular weight is 385 g/mol. The summed E-state index contributed by atoms with van der Waals surface area (Å²) in [5.74, 6) is 0.479. The second kappa shape index (κ2) is 10.5. The predicted molar refractivity (Wildman–Crippen MR) is 110 cm³/mol. The van der Waals surface area contributed by atoms with E-state index in [0.29, 0.717) is 18.0 Å². The maximum atomic E-state index is 12.7. The Morgan fingerprint density at radius 2 is 1.71 bits per heavy atom.